The van der Waals surface area contributed by atoms with E-state index in [0.29, 0.717) is 35.9 Å². The first-order valence-electron chi connectivity index (χ1n) is 13.2. The molecule has 0 radical (unpaired) electrons. The molecule has 42 heavy (non-hydrogen) atoms. The number of hydrogen-bond acceptors (Lipinski definition) is 6. The maximum Gasteiger partial charge on any atom is 0.278 e. The lowest BCUT2D eigenvalue weighted by Gasteiger charge is -2.30. The first kappa shape index (κ1) is 33.0. The van der Waals surface area contributed by atoms with Gasteiger partial charge in [0.1, 0.15) is 23.3 Å². The quantitative estimate of drug-likeness (QED) is 0.170. The zero-order valence-electron chi connectivity index (χ0n) is 24.0. The topological polar surface area (TPSA) is 101 Å². The average molecular weight is 623 g/mol. The largest absolute Gasteiger partial charge is 0.456 e. The predicted octanol–water partition coefficient (Wildman–Crippen LogP) is 7.46. The van der Waals surface area contributed by atoms with E-state index in [2.05, 4.69) is 20.6 Å². The zero-order chi connectivity index (χ0) is 30.0. The molecule has 4 rings (SSSR count). The SMILES string of the molecule is CC(C)(O)CC(=O)NCCn1ccc2ncnc(Nc3ccc(Oc4cccc(C(F)(F)C(C)(C)C)c4)c(Cl)c3)c21.Cl. The van der Waals surface area contributed by atoms with E-state index in [1.807, 2.05) is 16.8 Å². The third-order valence-electron chi connectivity index (χ3n) is 6.38. The Hall–Kier alpha value is -3.47. The molecular formula is C30H35Cl2F2N5O3. The zero-order valence-corrected chi connectivity index (χ0v) is 25.6. The van der Waals surface area contributed by atoms with Gasteiger partial charge in [-0.15, -0.1) is 12.4 Å². The summed E-state index contributed by atoms with van der Waals surface area (Å²) in [7, 11) is 0. The third kappa shape index (κ3) is 7.87. The number of anilines is 2. The normalized spacial score (nSPS) is 12.1. The molecule has 3 N–H and O–H groups in total. The van der Waals surface area contributed by atoms with Gasteiger partial charge >= 0.3 is 0 Å². The minimum absolute atomic E-state index is 0. The Bertz CT molecular complexity index is 1550. The number of nitrogens with zero attached hydrogens (tertiary/aromatic N) is 3. The van der Waals surface area contributed by atoms with Crippen molar-refractivity contribution >= 4 is 52.5 Å². The minimum Gasteiger partial charge on any atom is -0.456 e. The van der Waals surface area contributed by atoms with Crippen LogP contribution in [0.25, 0.3) is 11.0 Å². The maximum atomic E-state index is 14.9. The Labute approximate surface area is 254 Å². The molecule has 2 heterocycles. The van der Waals surface area contributed by atoms with Gasteiger partial charge in [-0.3, -0.25) is 4.79 Å². The monoisotopic (exact) mass is 621 g/mol. The van der Waals surface area contributed by atoms with Crippen molar-refractivity contribution in [2.24, 2.45) is 5.41 Å². The molecule has 0 saturated heterocycles. The molecule has 2 aromatic carbocycles. The highest BCUT2D eigenvalue weighted by atomic mass is 35.5. The van der Waals surface area contributed by atoms with Crippen LogP contribution in [-0.2, 0) is 17.3 Å². The van der Waals surface area contributed by atoms with Gasteiger partial charge in [-0.1, -0.05) is 44.5 Å². The number of benzene rings is 2. The number of nitrogens with one attached hydrogen (secondary N) is 2. The van der Waals surface area contributed by atoms with Gasteiger partial charge in [-0.05, 0) is 50.2 Å². The van der Waals surface area contributed by atoms with Crippen molar-refractivity contribution in [1.29, 1.82) is 0 Å². The van der Waals surface area contributed by atoms with Crippen molar-refractivity contribution in [3.05, 3.63) is 71.6 Å². The lowest BCUT2D eigenvalue weighted by Crippen LogP contribution is -2.33. The van der Waals surface area contributed by atoms with E-state index in [4.69, 9.17) is 16.3 Å². The number of carbonyl (C=O) groups excluding carboxylic acids is 1. The van der Waals surface area contributed by atoms with Gasteiger partial charge in [-0.25, -0.2) is 18.7 Å². The lowest BCUT2D eigenvalue weighted by molar-refractivity contribution is -0.124. The molecule has 0 aliphatic heterocycles. The van der Waals surface area contributed by atoms with Crippen molar-refractivity contribution in [1.82, 2.24) is 19.9 Å². The maximum absolute atomic E-state index is 14.9. The summed E-state index contributed by atoms with van der Waals surface area (Å²) in [5.41, 5.74) is -0.401. The Morgan fingerprint density at radius 3 is 2.48 bits per heavy atom. The van der Waals surface area contributed by atoms with Crippen LogP contribution in [0.4, 0.5) is 20.3 Å². The molecule has 0 bridgehead atoms. The number of aromatic nitrogens is 3. The summed E-state index contributed by atoms with van der Waals surface area (Å²) in [4.78, 5) is 20.8. The Morgan fingerprint density at radius 1 is 1.07 bits per heavy atom. The van der Waals surface area contributed by atoms with Crippen LogP contribution in [0.1, 0.15) is 46.6 Å². The van der Waals surface area contributed by atoms with Crippen molar-refractivity contribution in [2.45, 2.75) is 59.1 Å². The second-order valence-corrected chi connectivity index (χ2v) is 11.9. The summed E-state index contributed by atoms with van der Waals surface area (Å²) >= 11 is 6.51. The number of fused-ring (bicyclic) bond motifs is 1. The van der Waals surface area contributed by atoms with Crippen molar-refractivity contribution < 1.29 is 23.4 Å². The average Bonchev–Trinajstić information content (AvgIpc) is 3.28. The van der Waals surface area contributed by atoms with E-state index in [-0.39, 0.29) is 41.1 Å². The number of aliphatic hydroxyl groups is 1. The van der Waals surface area contributed by atoms with Crippen LogP contribution in [0.2, 0.25) is 5.02 Å². The van der Waals surface area contributed by atoms with Crippen LogP contribution in [0.5, 0.6) is 11.5 Å². The second-order valence-electron chi connectivity index (χ2n) is 11.5. The number of alkyl halides is 2. The molecule has 0 unspecified atom stereocenters. The van der Waals surface area contributed by atoms with Gasteiger partial charge in [0.15, 0.2) is 5.82 Å². The first-order valence-corrected chi connectivity index (χ1v) is 13.5. The fourth-order valence-corrected chi connectivity index (χ4v) is 4.41. The molecule has 0 atom stereocenters. The van der Waals surface area contributed by atoms with Crippen LogP contribution < -0.4 is 15.4 Å². The summed E-state index contributed by atoms with van der Waals surface area (Å²) in [5, 5.41) is 16.2. The molecule has 0 fully saturated rings. The second kappa shape index (κ2) is 12.8. The van der Waals surface area contributed by atoms with Gasteiger partial charge in [0.2, 0.25) is 5.91 Å². The third-order valence-corrected chi connectivity index (χ3v) is 6.67. The molecule has 226 valence electrons. The van der Waals surface area contributed by atoms with E-state index >= 15 is 0 Å². The van der Waals surface area contributed by atoms with Crippen molar-refractivity contribution in [2.75, 3.05) is 11.9 Å². The molecule has 2 aromatic heterocycles. The smallest absolute Gasteiger partial charge is 0.278 e. The van der Waals surface area contributed by atoms with Gasteiger partial charge in [-0.2, -0.15) is 0 Å². The van der Waals surface area contributed by atoms with Crippen LogP contribution >= 0.6 is 24.0 Å². The van der Waals surface area contributed by atoms with Crippen molar-refractivity contribution in [3.8, 4) is 11.5 Å². The van der Waals surface area contributed by atoms with E-state index < -0.39 is 16.9 Å². The van der Waals surface area contributed by atoms with Crippen LogP contribution in [0.3, 0.4) is 0 Å². The standard InChI is InChI=1S/C30H34ClF2N5O3.ClH/c1-28(2,3)30(32,33)19-7-6-8-21(15-19)41-24-10-9-20(16-22(24)31)37-27-26-23(35-18-36-27)11-13-38(26)14-12-34-25(39)17-29(4,5)40;/h6-11,13,15-16,18,40H,12,14,17H2,1-5H3,(H,34,39)(H,35,36,37);1H. The van der Waals surface area contributed by atoms with Crippen LogP contribution in [-0.4, -0.2) is 37.7 Å². The number of ether oxygens (including phenoxy) is 1. The highest BCUT2D eigenvalue weighted by Gasteiger charge is 2.44. The van der Waals surface area contributed by atoms with Gasteiger partial charge in [0.25, 0.3) is 5.92 Å². The van der Waals surface area contributed by atoms with Gasteiger partial charge < -0.3 is 25.0 Å². The Balaban J connectivity index is 0.00000484. The number of rotatable bonds is 10. The molecule has 0 saturated carbocycles. The summed E-state index contributed by atoms with van der Waals surface area (Å²) < 4.78 is 37.5. The number of amides is 1. The minimum atomic E-state index is -3.05. The Morgan fingerprint density at radius 2 is 1.81 bits per heavy atom. The van der Waals surface area contributed by atoms with E-state index in [1.165, 1.54) is 45.3 Å². The number of carbonyl (C=O) groups is 1. The molecule has 0 spiro atoms. The van der Waals surface area contributed by atoms with Gasteiger partial charge in [0.05, 0.1) is 22.6 Å². The molecule has 1 amide bonds. The molecule has 0 aliphatic carbocycles. The summed E-state index contributed by atoms with van der Waals surface area (Å²) in [5.74, 6) is -2.20. The summed E-state index contributed by atoms with van der Waals surface area (Å²) in [6, 6.07) is 12.7. The predicted molar refractivity (Wildman–Crippen MR) is 163 cm³/mol. The fraction of sp³-hybridized carbons (Fsp3) is 0.367. The first-order chi connectivity index (χ1) is 19.1. The summed E-state index contributed by atoms with van der Waals surface area (Å²) in [6.07, 6.45) is 3.30. The highest BCUT2D eigenvalue weighted by molar-refractivity contribution is 6.32. The van der Waals surface area contributed by atoms with Crippen LogP contribution in [0.15, 0.2) is 61.1 Å². The highest BCUT2D eigenvalue weighted by Crippen LogP contribution is 2.45. The van der Waals surface area contributed by atoms with Gasteiger partial charge in [0, 0.05) is 36.0 Å². The van der Waals surface area contributed by atoms with Crippen molar-refractivity contribution in [3.63, 3.8) is 0 Å². The Kier molecular flexibility index (Phi) is 10.1. The molecular weight excluding hydrogens is 587 g/mol. The molecule has 4 aromatic rings. The number of halogens is 4. The van der Waals surface area contributed by atoms with E-state index in [9.17, 15) is 18.7 Å². The fourth-order valence-electron chi connectivity index (χ4n) is 4.19. The number of hydrogen-bond donors (Lipinski definition) is 3. The molecule has 8 nitrogen and oxygen atoms in total. The van der Waals surface area contributed by atoms with E-state index in [0.717, 1.165) is 5.52 Å². The summed E-state index contributed by atoms with van der Waals surface area (Å²) in [6.45, 7) is 8.45. The van der Waals surface area contributed by atoms with Crippen LogP contribution in [0, 0.1) is 5.41 Å². The molecule has 12 heteroatoms. The molecule has 0 aliphatic rings. The lowest BCUT2D eigenvalue weighted by atomic mass is 9.83. The van der Waals surface area contributed by atoms with E-state index in [1.54, 1.807) is 38.1 Å².